The zero-order chi connectivity index (χ0) is 14.7. The second-order valence-electron chi connectivity index (χ2n) is 4.72. The first-order chi connectivity index (χ1) is 10.2. The number of nitrogens with zero attached hydrogens (tertiary/aromatic N) is 2. The molecule has 4 nitrogen and oxygen atoms in total. The van der Waals surface area contributed by atoms with Crippen LogP contribution in [0, 0.1) is 6.92 Å². The molecule has 1 aromatic heterocycles. The molecule has 3 rings (SSSR count). The molecule has 106 valence electrons. The van der Waals surface area contributed by atoms with E-state index in [-0.39, 0.29) is 0 Å². The molecule has 0 radical (unpaired) electrons. The van der Waals surface area contributed by atoms with Gasteiger partial charge in [-0.15, -0.1) is 0 Å². The molecule has 0 aliphatic rings. The maximum absolute atomic E-state index is 6.12. The first kappa shape index (κ1) is 13.8. The molecule has 5 heteroatoms. The number of hydrogen-bond acceptors (Lipinski definition) is 4. The van der Waals surface area contributed by atoms with Gasteiger partial charge in [0.15, 0.2) is 5.82 Å². The van der Waals surface area contributed by atoms with E-state index < -0.39 is 0 Å². The lowest BCUT2D eigenvalue weighted by Gasteiger charge is -2.11. The van der Waals surface area contributed by atoms with Crippen LogP contribution in [0.3, 0.4) is 0 Å². The maximum Gasteiger partial charge on any atom is 0.162 e. The lowest BCUT2D eigenvalue weighted by molar-refractivity contribution is 0.792. The summed E-state index contributed by atoms with van der Waals surface area (Å²) in [5, 5.41) is 0.744. The highest BCUT2D eigenvalue weighted by atomic mass is 35.5. The summed E-state index contributed by atoms with van der Waals surface area (Å²) < 4.78 is 0. The third-order valence-corrected chi connectivity index (χ3v) is 3.56. The van der Waals surface area contributed by atoms with E-state index in [9.17, 15) is 0 Å². The van der Waals surface area contributed by atoms with Crippen molar-refractivity contribution < 1.29 is 0 Å². The largest absolute Gasteiger partial charge is 0.304 e. The van der Waals surface area contributed by atoms with E-state index in [1.807, 2.05) is 55.5 Å². The van der Waals surface area contributed by atoms with Crippen LogP contribution in [0.2, 0.25) is 5.02 Å². The Hall–Kier alpha value is -2.17. The van der Waals surface area contributed by atoms with Gasteiger partial charge in [-0.25, -0.2) is 15.4 Å². The zero-order valence-corrected chi connectivity index (χ0v) is 12.4. The van der Waals surface area contributed by atoms with Crippen LogP contribution in [-0.2, 0) is 6.54 Å². The molecule has 3 aromatic rings. The number of anilines is 1. The standard InChI is InChI=1S/C16H15ClN4/c1-11-16(20-15-9-5-4-8-14(15)19-11)21-18-10-12-6-2-3-7-13(12)17/h2-9,18H,10H2,1H3,(H,20,21). The van der Waals surface area contributed by atoms with Crippen LogP contribution in [0.15, 0.2) is 48.5 Å². The van der Waals surface area contributed by atoms with Crippen LogP contribution >= 0.6 is 11.6 Å². The van der Waals surface area contributed by atoms with Gasteiger partial charge in [-0.1, -0.05) is 41.9 Å². The van der Waals surface area contributed by atoms with Gasteiger partial charge in [0.25, 0.3) is 0 Å². The Morgan fingerprint density at radius 2 is 1.62 bits per heavy atom. The Balaban J connectivity index is 1.73. The number of aryl methyl sites for hydroxylation is 1. The van der Waals surface area contributed by atoms with Crippen LogP contribution in [0.1, 0.15) is 11.3 Å². The van der Waals surface area contributed by atoms with Gasteiger partial charge >= 0.3 is 0 Å². The van der Waals surface area contributed by atoms with Gasteiger partial charge in [0, 0.05) is 11.6 Å². The van der Waals surface area contributed by atoms with Crippen LogP contribution in [-0.4, -0.2) is 9.97 Å². The highest BCUT2D eigenvalue weighted by molar-refractivity contribution is 6.31. The molecule has 2 aromatic carbocycles. The van der Waals surface area contributed by atoms with E-state index in [0.717, 1.165) is 33.1 Å². The quantitative estimate of drug-likeness (QED) is 0.721. The Bertz CT molecular complexity index is 773. The Kier molecular flexibility index (Phi) is 3.99. The van der Waals surface area contributed by atoms with Gasteiger partial charge in [-0.05, 0) is 30.7 Å². The van der Waals surface area contributed by atoms with Gasteiger partial charge in [0.1, 0.15) is 0 Å². The predicted octanol–water partition coefficient (Wildman–Crippen LogP) is 3.71. The van der Waals surface area contributed by atoms with E-state index in [1.54, 1.807) is 0 Å². The lowest BCUT2D eigenvalue weighted by Crippen LogP contribution is -2.22. The van der Waals surface area contributed by atoms with Crippen molar-refractivity contribution in [2.45, 2.75) is 13.5 Å². The number of nitrogens with one attached hydrogen (secondary N) is 2. The lowest BCUT2D eigenvalue weighted by atomic mass is 10.2. The van der Waals surface area contributed by atoms with Crippen LogP contribution < -0.4 is 10.9 Å². The summed E-state index contributed by atoms with van der Waals surface area (Å²) in [4.78, 5) is 9.09. The molecule has 0 bridgehead atoms. The number of fused-ring (bicyclic) bond motifs is 1. The Morgan fingerprint density at radius 1 is 0.952 bits per heavy atom. The molecule has 0 fully saturated rings. The van der Waals surface area contributed by atoms with Crippen molar-refractivity contribution in [3.05, 3.63) is 64.8 Å². The molecular formula is C16H15ClN4. The van der Waals surface area contributed by atoms with Gasteiger partial charge in [0.2, 0.25) is 0 Å². The van der Waals surface area contributed by atoms with Crippen molar-refractivity contribution in [1.29, 1.82) is 0 Å². The predicted molar refractivity (Wildman–Crippen MR) is 86.2 cm³/mol. The first-order valence-electron chi connectivity index (χ1n) is 6.70. The summed E-state index contributed by atoms with van der Waals surface area (Å²) in [6.45, 7) is 2.53. The van der Waals surface area contributed by atoms with Crippen molar-refractivity contribution in [1.82, 2.24) is 15.4 Å². The minimum atomic E-state index is 0.605. The van der Waals surface area contributed by atoms with Crippen LogP contribution in [0.25, 0.3) is 11.0 Å². The second kappa shape index (κ2) is 6.08. The van der Waals surface area contributed by atoms with Gasteiger partial charge in [-0.3, -0.25) is 0 Å². The van der Waals surface area contributed by atoms with Gasteiger partial charge in [0.05, 0.1) is 16.7 Å². The van der Waals surface area contributed by atoms with E-state index in [0.29, 0.717) is 6.54 Å². The fourth-order valence-corrected chi connectivity index (χ4v) is 2.27. The third kappa shape index (κ3) is 3.12. The summed E-state index contributed by atoms with van der Waals surface area (Å²) in [5.41, 5.74) is 9.86. The number of halogens is 1. The van der Waals surface area contributed by atoms with Gasteiger partial charge in [-0.2, -0.15) is 0 Å². The highest BCUT2D eigenvalue weighted by Crippen LogP contribution is 2.16. The van der Waals surface area contributed by atoms with Crippen molar-refractivity contribution >= 4 is 28.5 Å². The molecule has 0 saturated carbocycles. The molecule has 2 N–H and O–H groups in total. The number of benzene rings is 2. The number of hydrogen-bond donors (Lipinski definition) is 2. The molecule has 0 spiro atoms. The minimum Gasteiger partial charge on any atom is -0.304 e. The summed E-state index contributed by atoms with van der Waals surface area (Å²) in [6.07, 6.45) is 0. The smallest absolute Gasteiger partial charge is 0.162 e. The zero-order valence-electron chi connectivity index (χ0n) is 11.6. The SMILES string of the molecule is Cc1nc2ccccc2nc1NNCc1ccccc1Cl. The molecule has 0 atom stereocenters. The first-order valence-corrected chi connectivity index (χ1v) is 7.07. The summed E-state index contributed by atoms with van der Waals surface area (Å²) in [6, 6.07) is 15.5. The topological polar surface area (TPSA) is 49.8 Å². The van der Waals surface area contributed by atoms with Crippen molar-refractivity contribution in [2.75, 3.05) is 5.43 Å². The summed E-state index contributed by atoms with van der Waals surface area (Å²) in [5.74, 6) is 0.723. The van der Waals surface area contributed by atoms with Crippen LogP contribution in [0.5, 0.6) is 0 Å². The summed E-state index contributed by atoms with van der Waals surface area (Å²) >= 11 is 6.12. The fraction of sp³-hybridized carbons (Fsp3) is 0.125. The normalized spacial score (nSPS) is 10.8. The Morgan fingerprint density at radius 3 is 2.38 bits per heavy atom. The second-order valence-corrected chi connectivity index (χ2v) is 5.12. The number of aromatic nitrogens is 2. The Labute approximate surface area is 128 Å². The average molecular weight is 299 g/mol. The van der Waals surface area contributed by atoms with E-state index >= 15 is 0 Å². The highest BCUT2D eigenvalue weighted by Gasteiger charge is 2.04. The minimum absolute atomic E-state index is 0.605. The molecule has 0 aliphatic heterocycles. The molecular weight excluding hydrogens is 284 g/mol. The maximum atomic E-state index is 6.12. The number of rotatable bonds is 4. The molecule has 0 aliphatic carbocycles. The van der Waals surface area contributed by atoms with Crippen molar-refractivity contribution in [3.8, 4) is 0 Å². The van der Waals surface area contributed by atoms with Crippen molar-refractivity contribution in [3.63, 3.8) is 0 Å². The molecule has 0 amide bonds. The average Bonchev–Trinajstić information content (AvgIpc) is 2.49. The van der Waals surface area contributed by atoms with E-state index in [1.165, 1.54) is 0 Å². The number of hydrazine groups is 1. The monoisotopic (exact) mass is 298 g/mol. The summed E-state index contributed by atoms with van der Waals surface area (Å²) in [7, 11) is 0. The molecule has 0 unspecified atom stereocenters. The molecule has 1 heterocycles. The molecule has 21 heavy (non-hydrogen) atoms. The molecule has 0 saturated heterocycles. The number of para-hydroxylation sites is 2. The van der Waals surface area contributed by atoms with Crippen molar-refractivity contribution in [2.24, 2.45) is 0 Å². The van der Waals surface area contributed by atoms with Gasteiger partial charge < -0.3 is 5.43 Å². The van der Waals surface area contributed by atoms with E-state index in [2.05, 4.69) is 20.8 Å². The van der Waals surface area contributed by atoms with E-state index in [4.69, 9.17) is 11.6 Å². The fourth-order valence-electron chi connectivity index (χ4n) is 2.07. The third-order valence-electron chi connectivity index (χ3n) is 3.19. The van der Waals surface area contributed by atoms with Crippen LogP contribution in [0.4, 0.5) is 5.82 Å².